The van der Waals surface area contributed by atoms with Crippen LogP contribution in [0.2, 0.25) is 0 Å². The summed E-state index contributed by atoms with van der Waals surface area (Å²) in [6.45, 7) is 1.71. The number of nitro benzene ring substituents is 1. The van der Waals surface area contributed by atoms with Crippen molar-refractivity contribution in [3.63, 3.8) is 0 Å². The van der Waals surface area contributed by atoms with E-state index in [1.54, 1.807) is 31.2 Å². The Morgan fingerprint density at radius 3 is 2.40 bits per heavy atom. The highest BCUT2D eigenvalue weighted by molar-refractivity contribution is 5.63. The van der Waals surface area contributed by atoms with Crippen LogP contribution in [0.15, 0.2) is 42.5 Å². The van der Waals surface area contributed by atoms with Crippen molar-refractivity contribution < 1.29 is 13.7 Å². The number of benzene rings is 2. The SMILES string of the molecule is CC(Nc1c([N+](=O)[O-])ccc(F)c1F)c1ccccc1. The molecule has 2 aromatic carbocycles. The largest absolute Gasteiger partial charge is 0.370 e. The molecule has 0 aliphatic rings. The molecule has 104 valence electrons. The zero-order chi connectivity index (χ0) is 14.7. The smallest absolute Gasteiger partial charge is 0.295 e. The molecule has 0 bridgehead atoms. The first-order chi connectivity index (χ1) is 9.50. The number of anilines is 1. The Labute approximate surface area is 114 Å². The van der Waals surface area contributed by atoms with Crippen molar-refractivity contribution in [3.05, 3.63) is 69.8 Å². The van der Waals surface area contributed by atoms with Crippen LogP contribution in [0.1, 0.15) is 18.5 Å². The minimum absolute atomic E-state index is 0.397. The van der Waals surface area contributed by atoms with Crippen molar-refractivity contribution in [3.8, 4) is 0 Å². The van der Waals surface area contributed by atoms with E-state index in [1.165, 1.54) is 0 Å². The molecule has 0 aliphatic heterocycles. The number of hydrogen-bond acceptors (Lipinski definition) is 3. The third-order valence-corrected chi connectivity index (χ3v) is 2.93. The molecule has 0 heterocycles. The van der Waals surface area contributed by atoms with Crippen molar-refractivity contribution in [2.45, 2.75) is 13.0 Å². The third kappa shape index (κ3) is 2.74. The van der Waals surface area contributed by atoms with E-state index in [9.17, 15) is 18.9 Å². The van der Waals surface area contributed by atoms with Crippen LogP contribution in [0.4, 0.5) is 20.2 Å². The van der Waals surface area contributed by atoms with Crippen LogP contribution in [0.5, 0.6) is 0 Å². The summed E-state index contributed by atoms with van der Waals surface area (Å²) < 4.78 is 27.0. The first-order valence-electron chi connectivity index (χ1n) is 5.94. The second-order valence-corrected chi connectivity index (χ2v) is 4.29. The van der Waals surface area contributed by atoms with Crippen molar-refractivity contribution in [1.29, 1.82) is 0 Å². The van der Waals surface area contributed by atoms with Gasteiger partial charge in [-0.1, -0.05) is 30.3 Å². The van der Waals surface area contributed by atoms with E-state index in [0.717, 1.165) is 17.7 Å². The summed E-state index contributed by atoms with van der Waals surface area (Å²) in [4.78, 5) is 10.1. The molecule has 0 aromatic heterocycles. The van der Waals surface area contributed by atoms with Crippen molar-refractivity contribution >= 4 is 11.4 Å². The van der Waals surface area contributed by atoms with Gasteiger partial charge in [0.25, 0.3) is 5.69 Å². The zero-order valence-corrected chi connectivity index (χ0v) is 10.6. The van der Waals surface area contributed by atoms with E-state index in [1.807, 2.05) is 6.07 Å². The maximum absolute atomic E-state index is 13.8. The van der Waals surface area contributed by atoms with Crippen molar-refractivity contribution in [1.82, 2.24) is 0 Å². The van der Waals surface area contributed by atoms with Crippen LogP contribution in [0, 0.1) is 21.7 Å². The summed E-state index contributed by atoms with van der Waals surface area (Å²) >= 11 is 0. The Morgan fingerprint density at radius 1 is 1.15 bits per heavy atom. The summed E-state index contributed by atoms with van der Waals surface area (Å²) in [7, 11) is 0. The molecule has 4 nitrogen and oxygen atoms in total. The fraction of sp³-hybridized carbons (Fsp3) is 0.143. The van der Waals surface area contributed by atoms with Crippen LogP contribution >= 0.6 is 0 Å². The van der Waals surface area contributed by atoms with E-state index in [0.29, 0.717) is 0 Å². The molecule has 0 spiro atoms. The highest BCUT2D eigenvalue weighted by Crippen LogP contribution is 2.32. The first-order valence-corrected chi connectivity index (χ1v) is 5.94. The average Bonchev–Trinajstić information content (AvgIpc) is 2.44. The lowest BCUT2D eigenvalue weighted by Crippen LogP contribution is -2.10. The highest BCUT2D eigenvalue weighted by atomic mass is 19.2. The fourth-order valence-electron chi connectivity index (χ4n) is 1.87. The van der Waals surface area contributed by atoms with E-state index < -0.39 is 34.0 Å². The summed E-state index contributed by atoms with van der Waals surface area (Å²) in [6.07, 6.45) is 0. The van der Waals surface area contributed by atoms with Crippen LogP contribution < -0.4 is 5.32 Å². The summed E-state index contributed by atoms with van der Waals surface area (Å²) in [5.74, 6) is -2.37. The van der Waals surface area contributed by atoms with Gasteiger partial charge < -0.3 is 5.32 Å². The van der Waals surface area contributed by atoms with E-state index in [-0.39, 0.29) is 0 Å². The molecule has 0 saturated heterocycles. The summed E-state index contributed by atoms with van der Waals surface area (Å²) in [5, 5.41) is 13.5. The van der Waals surface area contributed by atoms with Gasteiger partial charge in [0.2, 0.25) is 0 Å². The molecule has 1 atom stereocenters. The number of nitrogens with one attached hydrogen (secondary N) is 1. The second-order valence-electron chi connectivity index (χ2n) is 4.29. The lowest BCUT2D eigenvalue weighted by atomic mass is 10.1. The monoisotopic (exact) mass is 278 g/mol. The molecule has 0 aliphatic carbocycles. The van der Waals surface area contributed by atoms with Gasteiger partial charge in [-0.2, -0.15) is 0 Å². The molecule has 2 rings (SSSR count). The van der Waals surface area contributed by atoms with E-state index in [2.05, 4.69) is 5.32 Å². The summed E-state index contributed by atoms with van der Waals surface area (Å²) in [5.41, 5.74) is -0.122. The van der Waals surface area contributed by atoms with Crippen molar-refractivity contribution in [2.24, 2.45) is 0 Å². The molecule has 1 N–H and O–H groups in total. The fourth-order valence-corrected chi connectivity index (χ4v) is 1.87. The molecule has 0 saturated carbocycles. The van der Waals surface area contributed by atoms with Gasteiger partial charge in [-0.05, 0) is 18.6 Å². The molecule has 2 aromatic rings. The van der Waals surface area contributed by atoms with Crippen LogP contribution in [0.25, 0.3) is 0 Å². The van der Waals surface area contributed by atoms with Gasteiger partial charge in [0.1, 0.15) is 0 Å². The van der Waals surface area contributed by atoms with Gasteiger partial charge in [-0.15, -0.1) is 0 Å². The van der Waals surface area contributed by atoms with Gasteiger partial charge in [0.05, 0.1) is 4.92 Å². The number of hydrogen-bond donors (Lipinski definition) is 1. The molecule has 0 amide bonds. The molecular formula is C14H12F2N2O2. The predicted octanol–water partition coefficient (Wildman–Crippen LogP) is 4.05. The average molecular weight is 278 g/mol. The number of halogens is 2. The quantitative estimate of drug-likeness (QED) is 0.678. The van der Waals surface area contributed by atoms with E-state index >= 15 is 0 Å². The van der Waals surface area contributed by atoms with E-state index in [4.69, 9.17) is 0 Å². The molecule has 0 fully saturated rings. The van der Waals surface area contributed by atoms with Crippen LogP contribution in [-0.4, -0.2) is 4.92 Å². The molecule has 6 heteroatoms. The van der Waals surface area contributed by atoms with Gasteiger partial charge >= 0.3 is 0 Å². The minimum atomic E-state index is -1.25. The number of nitrogens with zero attached hydrogens (tertiary/aromatic N) is 1. The normalized spacial score (nSPS) is 11.9. The lowest BCUT2D eigenvalue weighted by molar-refractivity contribution is -0.384. The maximum atomic E-state index is 13.8. The van der Waals surface area contributed by atoms with Crippen LogP contribution in [0.3, 0.4) is 0 Å². The Morgan fingerprint density at radius 2 is 1.80 bits per heavy atom. The van der Waals surface area contributed by atoms with Gasteiger partial charge in [0, 0.05) is 12.1 Å². The Bertz CT molecular complexity index is 633. The first kappa shape index (κ1) is 13.9. The number of rotatable bonds is 4. The minimum Gasteiger partial charge on any atom is -0.370 e. The molecule has 20 heavy (non-hydrogen) atoms. The van der Waals surface area contributed by atoms with Gasteiger partial charge in [-0.25, -0.2) is 8.78 Å². The standard InChI is InChI=1S/C14H12F2N2O2/c1-9(10-5-3-2-4-6-10)17-14-12(18(19)20)8-7-11(15)13(14)16/h2-9,17H,1H3. The van der Waals surface area contributed by atoms with Gasteiger partial charge in [-0.3, -0.25) is 10.1 Å². The predicted molar refractivity (Wildman–Crippen MR) is 71.5 cm³/mol. The van der Waals surface area contributed by atoms with Crippen LogP contribution in [-0.2, 0) is 0 Å². The Kier molecular flexibility index (Phi) is 3.93. The highest BCUT2D eigenvalue weighted by Gasteiger charge is 2.23. The zero-order valence-electron chi connectivity index (χ0n) is 10.6. The Hall–Kier alpha value is -2.50. The van der Waals surface area contributed by atoms with Crippen molar-refractivity contribution in [2.75, 3.05) is 5.32 Å². The number of nitro groups is 1. The third-order valence-electron chi connectivity index (χ3n) is 2.93. The topological polar surface area (TPSA) is 55.2 Å². The maximum Gasteiger partial charge on any atom is 0.295 e. The lowest BCUT2D eigenvalue weighted by Gasteiger charge is -2.16. The molecule has 1 unspecified atom stereocenters. The molecular weight excluding hydrogens is 266 g/mol. The summed E-state index contributed by atoms with van der Waals surface area (Å²) in [6, 6.07) is 10.3. The second kappa shape index (κ2) is 5.64. The molecule has 0 radical (unpaired) electrons. The van der Waals surface area contributed by atoms with Gasteiger partial charge in [0.15, 0.2) is 17.3 Å². The Balaban J connectivity index is 2.38.